The third kappa shape index (κ3) is 3.94. The third-order valence-electron chi connectivity index (χ3n) is 6.75. The van der Waals surface area contributed by atoms with E-state index in [0.29, 0.717) is 16.3 Å². The first-order valence-corrected chi connectivity index (χ1v) is 13.2. The number of nitrogens with one attached hydrogen (secondary N) is 2. The molecule has 0 bridgehead atoms. The molecule has 0 aromatic heterocycles. The van der Waals surface area contributed by atoms with Crippen molar-refractivity contribution in [2.24, 2.45) is 5.92 Å². The Morgan fingerprint density at radius 1 is 1.03 bits per heavy atom. The van der Waals surface area contributed by atoms with E-state index in [1.54, 1.807) is 24.3 Å². The van der Waals surface area contributed by atoms with Crippen LogP contribution in [0.1, 0.15) is 40.6 Å². The Bertz CT molecular complexity index is 1420. The van der Waals surface area contributed by atoms with Crippen molar-refractivity contribution < 1.29 is 13.5 Å². The van der Waals surface area contributed by atoms with Gasteiger partial charge in [-0.25, -0.2) is 8.42 Å². The fraction of sp³-hybridized carbons (Fsp3) is 0.231. The number of sulfonamides is 1. The lowest BCUT2D eigenvalue weighted by atomic mass is 9.77. The first-order valence-electron chi connectivity index (χ1n) is 11.0. The second-order valence-electron chi connectivity index (χ2n) is 8.92. The fourth-order valence-corrected chi connectivity index (χ4v) is 6.79. The maximum absolute atomic E-state index is 13.3. The maximum atomic E-state index is 13.3. The second-order valence-corrected chi connectivity index (χ2v) is 11.4. The van der Waals surface area contributed by atoms with E-state index < -0.39 is 10.0 Å². The van der Waals surface area contributed by atoms with Gasteiger partial charge in [0.15, 0.2) is 0 Å². The summed E-state index contributed by atoms with van der Waals surface area (Å²) in [4.78, 5) is 0.210. The van der Waals surface area contributed by atoms with E-state index in [9.17, 15) is 13.5 Å². The van der Waals surface area contributed by atoms with Crippen molar-refractivity contribution in [3.05, 3.63) is 93.0 Å². The number of para-hydroxylation sites is 1. The van der Waals surface area contributed by atoms with E-state index in [-0.39, 0.29) is 33.5 Å². The van der Waals surface area contributed by atoms with Gasteiger partial charge in [0.2, 0.25) is 0 Å². The molecule has 1 aliphatic heterocycles. The number of aryl methyl sites for hydroxylation is 2. The lowest BCUT2D eigenvalue weighted by molar-refractivity contribution is 0.402. The summed E-state index contributed by atoms with van der Waals surface area (Å²) in [6, 6.07) is 13.8. The van der Waals surface area contributed by atoms with E-state index in [0.717, 1.165) is 28.8 Å². The molecule has 3 N–H and O–H groups in total. The van der Waals surface area contributed by atoms with Crippen LogP contribution in [0.25, 0.3) is 0 Å². The van der Waals surface area contributed by atoms with Gasteiger partial charge in [0, 0.05) is 22.2 Å². The molecule has 176 valence electrons. The van der Waals surface area contributed by atoms with Gasteiger partial charge < -0.3 is 10.4 Å². The first-order chi connectivity index (χ1) is 16.2. The van der Waals surface area contributed by atoms with E-state index in [4.69, 9.17) is 23.2 Å². The van der Waals surface area contributed by atoms with E-state index in [1.807, 2.05) is 32.0 Å². The number of benzene rings is 3. The van der Waals surface area contributed by atoms with Crippen LogP contribution in [0.3, 0.4) is 0 Å². The molecule has 3 atom stereocenters. The Hall–Kier alpha value is -2.67. The molecule has 5 rings (SSSR count). The maximum Gasteiger partial charge on any atom is 0.261 e. The van der Waals surface area contributed by atoms with Crippen LogP contribution in [0.2, 0.25) is 10.0 Å². The first kappa shape index (κ1) is 23.1. The summed E-state index contributed by atoms with van der Waals surface area (Å²) in [6.45, 7) is 3.76. The molecule has 0 saturated carbocycles. The van der Waals surface area contributed by atoms with Gasteiger partial charge in [-0.1, -0.05) is 53.6 Å². The molecule has 3 unspecified atom stereocenters. The second kappa shape index (κ2) is 8.52. The number of hydrogen-bond donors (Lipinski definition) is 3. The monoisotopic (exact) mass is 514 g/mol. The summed E-state index contributed by atoms with van der Waals surface area (Å²) in [6.07, 6.45) is 4.98. The minimum atomic E-state index is -3.78. The molecule has 5 nitrogen and oxygen atoms in total. The van der Waals surface area contributed by atoms with Gasteiger partial charge in [-0.3, -0.25) is 4.72 Å². The zero-order valence-corrected chi connectivity index (χ0v) is 21.0. The minimum absolute atomic E-state index is 0.00578. The van der Waals surface area contributed by atoms with Gasteiger partial charge in [0.25, 0.3) is 10.0 Å². The number of hydrogen-bond acceptors (Lipinski definition) is 4. The van der Waals surface area contributed by atoms with Crippen molar-refractivity contribution in [1.82, 2.24) is 0 Å². The zero-order chi connectivity index (χ0) is 24.2. The number of anilines is 2. The molecule has 8 heteroatoms. The molecular formula is C26H24Cl2N2O3S. The number of phenolic OH excluding ortho intramolecular Hbond substituents is 1. The highest BCUT2D eigenvalue weighted by Crippen LogP contribution is 2.52. The van der Waals surface area contributed by atoms with Crippen LogP contribution in [0, 0.1) is 19.8 Å². The number of rotatable bonds is 4. The van der Waals surface area contributed by atoms with Gasteiger partial charge in [-0.05, 0) is 73.2 Å². The van der Waals surface area contributed by atoms with Crippen molar-refractivity contribution in [1.29, 1.82) is 0 Å². The molecule has 1 heterocycles. The summed E-state index contributed by atoms with van der Waals surface area (Å²) in [5.74, 6) is 0.0841. The molecule has 0 saturated heterocycles. The topological polar surface area (TPSA) is 78.4 Å². The van der Waals surface area contributed by atoms with Crippen LogP contribution < -0.4 is 10.0 Å². The number of halogens is 2. The molecular weight excluding hydrogens is 491 g/mol. The van der Waals surface area contributed by atoms with Crippen molar-refractivity contribution in [3.63, 3.8) is 0 Å². The Morgan fingerprint density at radius 3 is 2.50 bits per heavy atom. The van der Waals surface area contributed by atoms with Crippen LogP contribution in [0.15, 0.2) is 65.6 Å². The normalized spacial score (nSPS) is 21.0. The van der Waals surface area contributed by atoms with E-state index in [1.165, 1.54) is 6.07 Å². The van der Waals surface area contributed by atoms with Crippen LogP contribution in [-0.4, -0.2) is 13.5 Å². The molecule has 3 aromatic rings. The highest BCUT2D eigenvalue weighted by Gasteiger charge is 2.40. The molecule has 2 aliphatic rings. The van der Waals surface area contributed by atoms with Gasteiger partial charge in [0.1, 0.15) is 5.75 Å². The van der Waals surface area contributed by atoms with Crippen molar-refractivity contribution in [2.75, 3.05) is 10.0 Å². The van der Waals surface area contributed by atoms with Gasteiger partial charge in [-0.2, -0.15) is 0 Å². The van der Waals surface area contributed by atoms with Gasteiger partial charge in [0.05, 0.1) is 21.6 Å². The Balaban J connectivity index is 1.53. The average molecular weight is 515 g/mol. The predicted octanol–water partition coefficient (Wildman–Crippen LogP) is 6.94. The van der Waals surface area contributed by atoms with Crippen LogP contribution in [0.5, 0.6) is 5.75 Å². The molecule has 0 radical (unpaired) electrons. The number of aromatic hydroxyl groups is 1. The minimum Gasteiger partial charge on any atom is -0.506 e. The lowest BCUT2D eigenvalue weighted by Gasteiger charge is -2.38. The average Bonchev–Trinajstić information content (AvgIpc) is 3.28. The summed E-state index contributed by atoms with van der Waals surface area (Å²) in [7, 11) is -3.78. The Kier molecular flexibility index (Phi) is 5.79. The van der Waals surface area contributed by atoms with Crippen molar-refractivity contribution in [3.8, 4) is 5.75 Å². The Morgan fingerprint density at radius 2 is 1.76 bits per heavy atom. The van der Waals surface area contributed by atoms with E-state index >= 15 is 0 Å². The molecule has 3 aromatic carbocycles. The van der Waals surface area contributed by atoms with E-state index in [2.05, 4.69) is 22.2 Å². The molecule has 34 heavy (non-hydrogen) atoms. The highest BCUT2D eigenvalue weighted by atomic mass is 35.5. The van der Waals surface area contributed by atoms with Gasteiger partial charge >= 0.3 is 0 Å². The number of allylic oxidation sites excluding steroid dienone is 2. The molecule has 0 amide bonds. The van der Waals surface area contributed by atoms with Crippen LogP contribution >= 0.6 is 23.2 Å². The zero-order valence-electron chi connectivity index (χ0n) is 18.6. The lowest BCUT2D eigenvalue weighted by Crippen LogP contribution is -2.29. The Labute approximate surface area is 209 Å². The van der Waals surface area contributed by atoms with Gasteiger partial charge in [-0.15, -0.1) is 0 Å². The highest BCUT2D eigenvalue weighted by molar-refractivity contribution is 7.92. The molecule has 0 fully saturated rings. The summed E-state index contributed by atoms with van der Waals surface area (Å²) < 4.78 is 29.3. The fourth-order valence-electron chi connectivity index (χ4n) is 5.04. The molecule has 1 aliphatic carbocycles. The number of fused-ring (bicyclic) bond motifs is 3. The molecule has 0 spiro atoms. The number of phenols is 1. The largest absolute Gasteiger partial charge is 0.506 e. The quantitative estimate of drug-likeness (QED) is 0.329. The smallest absolute Gasteiger partial charge is 0.261 e. The summed E-state index contributed by atoms with van der Waals surface area (Å²) >= 11 is 12.4. The van der Waals surface area contributed by atoms with Crippen LogP contribution in [0.4, 0.5) is 11.4 Å². The summed E-state index contributed by atoms with van der Waals surface area (Å²) in [5, 5.41) is 14.8. The summed E-state index contributed by atoms with van der Waals surface area (Å²) in [5.41, 5.74) is 4.70. The third-order valence-corrected chi connectivity index (χ3v) is 8.61. The SMILES string of the molecule is Cc1cccc(C)c1NS(=O)(=O)c1ccc2c(c1)C1C=CCC1C(c1cc(Cl)cc(Cl)c1O)N2. The van der Waals surface area contributed by atoms with Crippen LogP contribution in [-0.2, 0) is 10.0 Å². The predicted molar refractivity (Wildman–Crippen MR) is 138 cm³/mol. The van der Waals surface area contributed by atoms with Crippen molar-refractivity contribution in [2.45, 2.75) is 37.1 Å². The standard InChI is InChI=1S/C26H24Cl2N2O3S/c1-14-5-3-6-15(2)24(14)30-34(32,33)17-9-10-23-20(13-17)18-7-4-8-19(18)25(29-23)21-11-16(27)12-22(28)26(21)31/h3-7,9-13,18-19,25,29-31H,8H2,1-2H3. The van der Waals surface area contributed by atoms with Crippen molar-refractivity contribution >= 4 is 44.6 Å².